The Balaban J connectivity index is 2.30. The molecule has 1 aromatic rings. The van der Waals surface area contributed by atoms with E-state index in [2.05, 4.69) is 50.4 Å². The molecular weight excluding hydrogens is 292 g/mol. The first kappa shape index (κ1) is 19.2. The van der Waals surface area contributed by atoms with Crippen molar-refractivity contribution in [3.05, 3.63) is 35.4 Å². The van der Waals surface area contributed by atoms with Gasteiger partial charge in [0.1, 0.15) is 0 Å². The summed E-state index contributed by atoms with van der Waals surface area (Å²) < 4.78 is 0. The van der Waals surface area contributed by atoms with Crippen LogP contribution in [0.3, 0.4) is 0 Å². The highest BCUT2D eigenvalue weighted by Crippen LogP contribution is 2.22. The smallest absolute Gasteiger partial charge is 0.304 e. The van der Waals surface area contributed by atoms with Gasteiger partial charge < -0.3 is 10.4 Å². The van der Waals surface area contributed by atoms with Crippen molar-refractivity contribution in [2.24, 2.45) is 0 Å². The van der Waals surface area contributed by atoms with Gasteiger partial charge in [0, 0.05) is 13.1 Å². The van der Waals surface area contributed by atoms with Crippen molar-refractivity contribution < 1.29 is 14.7 Å². The Hall–Kier alpha value is -1.88. The topological polar surface area (TPSA) is 69.6 Å². The number of nitrogens with zero attached hydrogens (tertiary/aromatic N) is 1. The van der Waals surface area contributed by atoms with Gasteiger partial charge in [0.15, 0.2) is 0 Å². The number of nitrogens with one attached hydrogen (secondary N) is 1. The molecule has 0 aliphatic carbocycles. The molecule has 0 aromatic heterocycles. The Labute approximate surface area is 138 Å². The maximum atomic E-state index is 11.8. The number of carboxylic acids is 1. The van der Waals surface area contributed by atoms with Gasteiger partial charge in [0.2, 0.25) is 5.91 Å². The second-order valence-corrected chi connectivity index (χ2v) is 6.93. The zero-order chi connectivity index (χ0) is 17.5. The number of amides is 1. The third-order valence-electron chi connectivity index (χ3n) is 3.68. The van der Waals surface area contributed by atoms with Crippen molar-refractivity contribution in [1.29, 1.82) is 0 Å². The van der Waals surface area contributed by atoms with Crippen LogP contribution in [0.5, 0.6) is 0 Å². The minimum atomic E-state index is -0.851. The summed E-state index contributed by atoms with van der Waals surface area (Å²) in [6.07, 6.45) is 0.832. The number of carbonyl (C=O) groups is 2. The van der Waals surface area contributed by atoms with E-state index in [-0.39, 0.29) is 24.3 Å². The molecule has 128 valence electrons. The van der Waals surface area contributed by atoms with Crippen molar-refractivity contribution in [3.8, 4) is 0 Å². The Morgan fingerprint density at radius 1 is 1.17 bits per heavy atom. The van der Waals surface area contributed by atoms with E-state index in [1.165, 1.54) is 11.1 Å². The van der Waals surface area contributed by atoms with Crippen LogP contribution in [0.1, 0.15) is 38.3 Å². The Bertz CT molecular complexity index is 518. The quantitative estimate of drug-likeness (QED) is 0.769. The number of carboxylic acid groups (broad SMARTS) is 1. The second-order valence-electron chi connectivity index (χ2n) is 6.93. The predicted molar refractivity (Wildman–Crippen MR) is 91.6 cm³/mol. The fraction of sp³-hybridized carbons (Fsp3) is 0.556. The van der Waals surface area contributed by atoms with Gasteiger partial charge in [-0.05, 0) is 30.0 Å². The lowest BCUT2D eigenvalue weighted by atomic mass is 9.86. The van der Waals surface area contributed by atoms with Gasteiger partial charge in [-0.2, -0.15) is 0 Å². The van der Waals surface area contributed by atoms with Crippen LogP contribution in [0.2, 0.25) is 0 Å². The number of carbonyl (C=O) groups excluding carboxylic acids is 1. The summed E-state index contributed by atoms with van der Waals surface area (Å²) in [5.74, 6) is -0.930. The number of hydrogen-bond acceptors (Lipinski definition) is 3. The fourth-order valence-corrected chi connectivity index (χ4v) is 2.18. The molecule has 1 aromatic carbocycles. The molecule has 2 N–H and O–H groups in total. The third-order valence-corrected chi connectivity index (χ3v) is 3.68. The summed E-state index contributed by atoms with van der Waals surface area (Å²) in [5, 5.41) is 11.5. The van der Waals surface area contributed by atoms with Gasteiger partial charge in [0.25, 0.3) is 0 Å². The van der Waals surface area contributed by atoms with Crippen molar-refractivity contribution in [2.75, 3.05) is 26.7 Å². The summed E-state index contributed by atoms with van der Waals surface area (Å²) >= 11 is 0. The summed E-state index contributed by atoms with van der Waals surface area (Å²) in [7, 11) is 1.74. The molecule has 5 nitrogen and oxygen atoms in total. The lowest BCUT2D eigenvalue weighted by Crippen LogP contribution is -2.36. The van der Waals surface area contributed by atoms with Crippen molar-refractivity contribution in [2.45, 2.75) is 39.0 Å². The van der Waals surface area contributed by atoms with Gasteiger partial charge in [0.05, 0.1) is 13.0 Å². The number of hydrogen-bond donors (Lipinski definition) is 2. The van der Waals surface area contributed by atoms with Crippen LogP contribution < -0.4 is 5.32 Å². The molecular formula is C18H28N2O3. The normalized spacial score (nSPS) is 11.5. The molecule has 0 radical (unpaired) electrons. The molecule has 0 unspecified atom stereocenters. The van der Waals surface area contributed by atoms with Crippen LogP contribution in [0, 0.1) is 0 Å². The van der Waals surface area contributed by atoms with Crippen LogP contribution in [0.4, 0.5) is 0 Å². The van der Waals surface area contributed by atoms with Crippen molar-refractivity contribution in [1.82, 2.24) is 10.2 Å². The zero-order valence-electron chi connectivity index (χ0n) is 14.6. The molecule has 0 fully saturated rings. The Kier molecular flexibility index (Phi) is 7.23. The summed E-state index contributed by atoms with van der Waals surface area (Å²) in [5.41, 5.74) is 2.63. The van der Waals surface area contributed by atoms with E-state index in [9.17, 15) is 9.59 Å². The highest BCUT2D eigenvalue weighted by molar-refractivity contribution is 5.78. The molecule has 1 rings (SSSR count). The highest BCUT2D eigenvalue weighted by atomic mass is 16.4. The van der Waals surface area contributed by atoms with Crippen LogP contribution in [-0.2, 0) is 21.4 Å². The minimum Gasteiger partial charge on any atom is -0.481 e. The van der Waals surface area contributed by atoms with E-state index in [0.717, 1.165) is 6.42 Å². The van der Waals surface area contributed by atoms with Crippen LogP contribution >= 0.6 is 0 Å². The predicted octanol–water partition coefficient (Wildman–Crippen LogP) is 2.05. The zero-order valence-corrected chi connectivity index (χ0v) is 14.6. The lowest BCUT2D eigenvalue weighted by Gasteiger charge is -2.19. The fourth-order valence-electron chi connectivity index (χ4n) is 2.18. The van der Waals surface area contributed by atoms with Gasteiger partial charge >= 0.3 is 5.97 Å². The van der Waals surface area contributed by atoms with E-state index in [1.807, 2.05) is 0 Å². The standard InChI is InChI=1S/C18H28N2O3/c1-18(2,3)15-7-5-14(6-8-15)9-11-19-16(21)13-20(4)12-10-17(22)23/h5-8H,9-13H2,1-4H3,(H,19,21)(H,22,23). The van der Waals surface area contributed by atoms with Crippen LogP contribution in [0.25, 0.3) is 0 Å². The first-order valence-electron chi connectivity index (χ1n) is 7.95. The maximum Gasteiger partial charge on any atom is 0.304 e. The van der Waals surface area contributed by atoms with Crippen LogP contribution in [-0.4, -0.2) is 48.6 Å². The summed E-state index contributed by atoms with van der Waals surface area (Å²) in [6.45, 7) is 7.73. The largest absolute Gasteiger partial charge is 0.481 e. The van der Waals surface area contributed by atoms with Crippen LogP contribution in [0.15, 0.2) is 24.3 Å². The van der Waals surface area contributed by atoms with E-state index < -0.39 is 5.97 Å². The second kappa shape index (κ2) is 8.67. The Morgan fingerprint density at radius 3 is 2.30 bits per heavy atom. The third kappa shape index (κ3) is 7.79. The maximum absolute atomic E-state index is 11.8. The summed E-state index contributed by atoms with van der Waals surface area (Å²) in [6, 6.07) is 8.48. The number of benzene rings is 1. The first-order chi connectivity index (χ1) is 10.7. The van der Waals surface area contributed by atoms with Gasteiger partial charge in [-0.15, -0.1) is 0 Å². The van der Waals surface area contributed by atoms with Gasteiger partial charge in [-0.25, -0.2) is 0 Å². The van der Waals surface area contributed by atoms with Crippen molar-refractivity contribution in [3.63, 3.8) is 0 Å². The molecule has 1 amide bonds. The van der Waals surface area contributed by atoms with Crippen molar-refractivity contribution >= 4 is 11.9 Å². The number of likely N-dealkylation sites (N-methyl/N-ethyl adjacent to an activating group) is 1. The molecule has 23 heavy (non-hydrogen) atoms. The minimum absolute atomic E-state index is 0.0455. The van der Waals surface area contributed by atoms with E-state index in [1.54, 1.807) is 11.9 Å². The van der Waals surface area contributed by atoms with E-state index >= 15 is 0 Å². The molecule has 0 saturated carbocycles. The number of aliphatic carboxylic acids is 1. The molecule has 0 aliphatic rings. The molecule has 0 bridgehead atoms. The highest BCUT2D eigenvalue weighted by Gasteiger charge is 2.13. The average Bonchev–Trinajstić information content (AvgIpc) is 2.44. The summed E-state index contributed by atoms with van der Waals surface area (Å²) in [4.78, 5) is 24.0. The Morgan fingerprint density at radius 2 is 1.78 bits per heavy atom. The molecule has 0 atom stereocenters. The van der Waals surface area contributed by atoms with Gasteiger partial charge in [-0.3, -0.25) is 14.5 Å². The van der Waals surface area contributed by atoms with E-state index in [4.69, 9.17) is 5.11 Å². The number of rotatable bonds is 8. The van der Waals surface area contributed by atoms with E-state index in [0.29, 0.717) is 13.1 Å². The first-order valence-corrected chi connectivity index (χ1v) is 7.95. The monoisotopic (exact) mass is 320 g/mol. The molecule has 0 spiro atoms. The average molecular weight is 320 g/mol. The molecule has 0 heterocycles. The molecule has 0 saturated heterocycles. The molecule has 0 aliphatic heterocycles. The SMILES string of the molecule is CN(CCC(=O)O)CC(=O)NCCc1ccc(C(C)(C)C)cc1. The van der Waals surface area contributed by atoms with Gasteiger partial charge in [-0.1, -0.05) is 45.0 Å². The lowest BCUT2D eigenvalue weighted by molar-refractivity contribution is -0.137. The molecule has 5 heteroatoms.